The van der Waals surface area contributed by atoms with Crippen LogP contribution in [-0.4, -0.2) is 51.5 Å². The predicted octanol–water partition coefficient (Wildman–Crippen LogP) is 6.13. The number of rotatable bonds is 5. The van der Waals surface area contributed by atoms with Gasteiger partial charge in [-0.15, -0.1) is 0 Å². The zero-order valence-electron chi connectivity index (χ0n) is 26.1. The predicted molar refractivity (Wildman–Crippen MR) is 165 cm³/mol. The van der Waals surface area contributed by atoms with E-state index in [1.165, 1.54) is 29.1 Å². The summed E-state index contributed by atoms with van der Waals surface area (Å²) < 4.78 is 61.0. The minimum atomic E-state index is -3.13. The maximum atomic E-state index is 15.5. The van der Waals surface area contributed by atoms with Gasteiger partial charge in [0.2, 0.25) is 0 Å². The van der Waals surface area contributed by atoms with Gasteiger partial charge in [0.1, 0.15) is 23.1 Å². The molecule has 1 N–H and O–H groups in total. The third-order valence-electron chi connectivity index (χ3n) is 8.27. The molecular formula is C32H36F2N6O4S. The number of aryl methyl sites for hydroxylation is 2. The Balaban J connectivity index is 1.50. The van der Waals surface area contributed by atoms with Crippen LogP contribution in [0.4, 0.5) is 13.6 Å². The van der Waals surface area contributed by atoms with Crippen LogP contribution in [0.1, 0.15) is 69.0 Å². The molecule has 238 valence electrons. The summed E-state index contributed by atoms with van der Waals surface area (Å²) in [6.45, 7) is 10.8. The van der Waals surface area contributed by atoms with E-state index in [-0.39, 0.29) is 21.7 Å². The summed E-state index contributed by atoms with van der Waals surface area (Å²) in [4.78, 5) is 28.9. The third-order valence-corrected chi connectivity index (χ3v) is 10.6. The van der Waals surface area contributed by atoms with Crippen molar-refractivity contribution in [2.45, 2.75) is 82.6 Å². The molecule has 1 unspecified atom stereocenters. The molecule has 1 aliphatic heterocycles. The number of halogens is 2. The van der Waals surface area contributed by atoms with Gasteiger partial charge in [-0.3, -0.25) is 9.13 Å². The van der Waals surface area contributed by atoms with Gasteiger partial charge in [-0.2, -0.15) is 5.10 Å². The maximum Gasteiger partial charge on any atom is 0.410 e. The molecule has 1 saturated carbocycles. The Bertz CT molecular complexity index is 1990. The van der Waals surface area contributed by atoms with Crippen LogP contribution in [-0.2, 0) is 20.9 Å². The van der Waals surface area contributed by atoms with Gasteiger partial charge in [0.05, 0.1) is 37.7 Å². The number of amides is 1. The van der Waals surface area contributed by atoms with E-state index >= 15 is 4.39 Å². The SMILES string of the molecule is Cc1cc(-n2nc3c(c2-n2ccn(-c4ccc(S(=N)(=O)C5CC5)cc4F)c2=O)[C@H](C)N(C(=O)OC(C)(C)C)CC3)cc(C)c1F. The van der Waals surface area contributed by atoms with Gasteiger partial charge < -0.3 is 9.64 Å². The first-order valence-electron chi connectivity index (χ1n) is 14.8. The lowest BCUT2D eigenvalue weighted by Crippen LogP contribution is -2.42. The number of nitrogens with one attached hydrogen (secondary N) is 1. The maximum absolute atomic E-state index is 15.5. The Labute approximate surface area is 260 Å². The Kier molecular flexibility index (Phi) is 7.30. The lowest BCUT2D eigenvalue weighted by molar-refractivity contribution is 0.0159. The smallest absolute Gasteiger partial charge is 0.410 e. The van der Waals surface area contributed by atoms with Crippen LogP contribution >= 0.6 is 0 Å². The van der Waals surface area contributed by atoms with E-state index in [4.69, 9.17) is 14.6 Å². The number of imidazole rings is 1. The van der Waals surface area contributed by atoms with Crippen LogP contribution < -0.4 is 5.69 Å². The monoisotopic (exact) mass is 638 g/mol. The minimum absolute atomic E-state index is 0.0645. The van der Waals surface area contributed by atoms with Crippen molar-refractivity contribution in [3.63, 3.8) is 0 Å². The average Bonchev–Trinajstić information content (AvgIpc) is 3.66. The fraction of sp³-hybridized carbons (Fsp3) is 0.406. The molecule has 10 nitrogen and oxygen atoms in total. The van der Waals surface area contributed by atoms with Gasteiger partial charge in [0.15, 0.2) is 0 Å². The molecule has 3 heterocycles. The molecular weight excluding hydrogens is 602 g/mol. The number of carbonyl (C=O) groups excluding carboxylic acids is 1. The van der Waals surface area contributed by atoms with Crippen LogP contribution in [0.2, 0.25) is 0 Å². The van der Waals surface area contributed by atoms with Crippen LogP contribution in [0.25, 0.3) is 17.2 Å². The molecule has 1 fully saturated rings. The molecule has 0 saturated heterocycles. The van der Waals surface area contributed by atoms with Crippen molar-refractivity contribution in [1.82, 2.24) is 23.8 Å². The first-order valence-corrected chi connectivity index (χ1v) is 16.5. The van der Waals surface area contributed by atoms with Crippen molar-refractivity contribution in [3.8, 4) is 17.2 Å². The second-order valence-electron chi connectivity index (χ2n) is 12.8. The van der Waals surface area contributed by atoms with Crippen molar-refractivity contribution in [2.24, 2.45) is 0 Å². The largest absolute Gasteiger partial charge is 0.444 e. The Morgan fingerprint density at radius 1 is 1.07 bits per heavy atom. The lowest BCUT2D eigenvalue weighted by Gasteiger charge is -2.34. The molecule has 1 aliphatic carbocycles. The van der Waals surface area contributed by atoms with Gasteiger partial charge in [0, 0.05) is 36.2 Å². The molecule has 1 amide bonds. The summed E-state index contributed by atoms with van der Waals surface area (Å²) in [6, 6.07) is 6.60. The molecule has 2 aliphatic rings. The summed E-state index contributed by atoms with van der Waals surface area (Å²) in [5.41, 5.74) is 1.20. The highest BCUT2D eigenvalue weighted by molar-refractivity contribution is 7.93. The molecule has 0 bridgehead atoms. The standard InChI is InChI=1S/C32H36F2N6O4S/c1-18-15-21(16-19(2)28(18)34)40-29(27-20(3)37(12-11-25(27)36-40)31(42)44-32(4,5)6)39-14-13-38(30(39)41)26-10-9-23(17-24(26)33)45(35,43)22-7-8-22/h9-10,13-17,20,22,35H,7-8,11-12H2,1-6H3/t20-,45?/m0/s1. The number of hydrogen-bond acceptors (Lipinski definition) is 6. The Morgan fingerprint density at radius 2 is 1.71 bits per heavy atom. The number of ether oxygens (including phenoxy) is 1. The van der Waals surface area contributed by atoms with Crippen molar-refractivity contribution < 1.29 is 22.5 Å². The summed E-state index contributed by atoms with van der Waals surface area (Å²) in [5.74, 6) is -0.792. The molecule has 2 aromatic carbocycles. The summed E-state index contributed by atoms with van der Waals surface area (Å²) in [7, 11) is -3.13. The van der Waals surface area contributed by atoms with E-state index in [0.29, 0.717) is 59.7 Å². The molecule has 0 spiro atoms. The van der Waals surface area contributed by atoms with Gasteiger partial charge >= 0.3 is 11.8 Å². The zero-order chi connectivity index (χ0) is 32.6. The highest BCUT2D eigenvalue weighted by atomic mass is 32.2. The van der Waals surface area contributed by atoms with Gasteiger partial charge in [-0.1, -0.05) is 0 Å². The molecule has 45 heavy (non-hydrogen) atoms. The molecule has 2 atom stereocenters. The highest BCUT2D eigenvalue weighted by Gasteiger charge is 2.37. The molecule has 0 radical (unpaired) electrons. The third kappa shape index (κ3) is 5.36. The first-order chi connectivity index (χ1) is 21.1. The van der Waals surface area contributed by atoms with Gasteiger partial charge in [-0.25, -0.2) is 32.0 Å². The van der Waals surface area contributed by atoms with Crippen LogP contribution in [0.3, 0.4) is 0 Å². The van der Waals surface area contributed by atoms with Crippen LogP contribution in [0, 0.1) is 30.3 Å². The second-order valence-corrected chi connectivity index (χ2v) is 15.2. The fourth-order valence-electron chi connectivity index (χ4n) is 5.87. The van der Waals surface area contributed by atoms with Crippen LogP contribution in [0.15, 0.2) is 52.4 Å². The normalized spacial score (nSPS) is 18.0. The number of carbonyl (C=O) groups is 1. The molecule has 6 rings (SSSR count). The molecule has 2 aromatic heterocycles. The summed E-state index contributed by atoms with van der Waals surface area (Å²) in [5, 5.41) is 4.57. The van der Waals surface area contributed by atoms with E-state index in [9.17, 15) is 18.2 Å². The zero-order valence-corrected chi connectivity index (χ0v) is 26.9. The Hall–Kier alpha value is -4.26. The molecule has 13 heteroatoms. The topological polar surface area (TPSA) is 115 Å². The number of fused-ring (bicyclic) bond motifs is 1. The number of nitrogens with zero attached hydrogens (tertiary/aromatic N) is 5. The average molecular weight is 639 g/mol. The summed E-state index contributed by atoms with van der Waals surface area (Å²) >= 11 is 0. The van der Waals surface area contributed by atoms with Gasteiger partial charge in [0.25, 0.3) is 0 Å². The van der Waals surface area contributed by atoms with Crippen molar-refractivity contribution in [3.05, 3.63) is 87.2 Å². The van der Waals surface area contributed by atoms with Crippen molar-refractivity contribution in [2.75, 3.05) is 6.54 Å². The van der Waals surface area contributed by atoms with E-state index in [2.05, 4.69) is 0 Å². The fourth-order valence-corrected chi connectivity index (χ4v) is 7.60. The Morgan fingerprint density at radius 3 is 2.31 bits per heavy atom. The van der Waals surface area contributed by atoms with E-state index in [1.807, 2.05) is 6.92 Å². The number of aromatic nitrogens is 4. The van der Waals surface area contributed by atoms with Crippen LogP contribution in [0.5, 0.6) is 0 Å². The highest BCUT2D eigenvalue weighted by Crippen LogP contribution is 2.37. The van der Waals surface area contributed by atoms with E-state index in [0.717, 1.165) is 10.6 Å². The molecule has 4 aromatic rings. The van der Waals surface area contributed by atoms with E-state index in [1.54, 1.807) is 56.3 Å². The van der Waals surface area contributed by atoms with Crippen molar-refractivity contribution in [1.29, 1.82) is 4.78 Å². The number of benzene rings is 2. The minimum Gasteiger partial charge on any atom is -0.444 e. The summed E-state index contributed by atoms with van der Waals surface area (Å²) in [6.07, 6.45) is 4.13. The van der Waals surface area contributed by atoms with Gasteiger partial charge in [-0.05, 0) is 95.8 Å². The lowest BCUT2D eigenvalue weighted by atomic mass is 10.00. The van der Waals surface area contributed by atoms with Crippen molar-refractivity contribution >= 4 is 15.8 Å². The first kappa shape index (κ1) is 30.8. The quantitative estimate of drug-likeness (QED) is 0.282. The van der Waals surface area contributed by atoms with E-state index < -0.39 is 39.0 Å². The second kappa shape index (κ2) is 10.7. The number of hydrogen-bond donors (Lipinski definition) is 1.